The number of nitrogens with zero attached hydrogens (tertiary/aromatic N) is 1. The molecular formula is C27H27FN2O4S. The fraction of sp³-hybridized carbons (Fsp3) is 0.296. The molecule has 5 rings (SSSR count). The highest BCUT2D eigenvalue weighted by Crippen LogP contribution is 2.52. The number of nitrogens with one attached hydrogen (secondary N) is 1. The smallest absolute Gasteiger partial charge is 0.301 e. The number of sulfonamides is 1. The number of aliphatic hydroxyl groups is 1. The molecule has 0 saturated heterocycles. The quantitative estimate of drug-likeness (QED) is 0.510. The van der Waals surface area contributed by atoms with E-state index in [0.29, 0.717) is 24.0 Å². The monoisotopic (exact) mass is 494 g/mol. The number of rotatable bonds is 6. The molecule has 1 spiro atoms. The zero-order chi connectivity index (χ0) is 24.5. The van der Waals surface area contributed by atoms with E-state index in [1.54, 1.807) is 18.2 Å². The molecule has 35 heavy (non-hydrogen) atoms. The van der Waals surface area contributed by atoms with E-state index in [1.807, 2.05) is 54.6 Å². The van der Waals surface area contributed by atoms with Crippen LogP contribution in [-0.2, 0) is 14.8 Å². The van der Waals surface area contributed by atoms with E-state index in [-0.39, 0.29) is 19.0 Å². The summed E-state index contributed by atoms with van der Waals surface area (Å²) in [7, 11) is -3.98. The molecule has 0 radical (unpaired) electrons. The summed E-state index contributed by atoms with van der Waals surface area (Å²) in [4.78, 5) is 0. The summed E-state index contributed by atoms with van der Waals surface area (Å²) in [5, 5.41) is 11.5. The Balaban J connectivity index is 1.46. The molecule has 1 heterocycles. The maximum atomic E-state index is 14.4. The van der Waals surface area contributed by atoms with Crippen LogP contribution in [0.1, 0.15) is 48.1 Å². The first kappa shape index (κ1) is 23.5. The van der Waals surface area contributed by atoms with Gasteiger partial charge < -0.3 is 15.2 Å². The molecule has 2 N–H and O–H groups in total. The van der Waals surface area contributed by atoms with E-state index in [1.165, 1.54) is 6.07 Å². The van der Waals surface area contributed by atoms with Gasteiger partial charge in [0.05, 0.1) is 6.04 Å². The van der Waals surface area contributed by atoms with Gasteiger partial charge in [0.1, 0.15) is 16.7 Å². The van der Waals surface area contributed by atoms with Crippen LogP contribution in [-0.4, -0.2) is 31.8 Å². The van der Waals surface area contributed by atoms with Crippen LogP contribution in [0.15, 0.2) is 83.3 Å². The van der Waals surface area contributed by atoms with Crippen molar-refractivity contribution in [1.29, 1.82) is 0 Å². The Hall–Kier alpha value is -3.23. The third-order valence-corrected chi connectivity index (χ3v) is 8.52. The van der Waals surface area contributed by atoms with Crippen molar-refractivity contribution in [2.24, 2.45) is 4.40 Å². The predicted molar refractivity (Wildman–Crippen MR) is 133 cm³/mol. The average molecular weight is 495 g/mol. The zero-order valence-electron chi connectivity index (χ0n) is 19.1. The molecule has 0 amide bonds. The van der Waals surface area contributed by atoms with Crippen LogP contribution in [0.3, 0.4) is 0 Å². The number of hydrogen-bond donors (Lipinski definition) is 2. The second kappa shape index (κ2) is 9.43. The van der Waals surface area contributed by atoms with Crippen LogP contribution < -0.4 is 5.32 Å². The Labute approximate surface area is 204 Å². The van der Waals surface area contributed by atoms with Crippen LogP contribution in [0.25, 0.3) is 11.1 Å². The topological polar surface area (TPSA) is 88.0 Å². The summed E-state index contributed by atoms with van der Waals surface area (Å²) in [6.45, 7) is -0.215. The van der Waals surface area contributed by atoms with Crippen molar-refractivity contribution in [3.8, 4) is 11.1 Å². The Kier molecular flexibility index (Phi) is 6.34. The highest BCUT2D eigenvalue weighted by atomic mass is 32.2. The summed E-state index contributed by atoms with van der Waals surface area (Å²) >= 11 is 0. The van der Waals surface area contributed by atoms with E-state index in [4.69, 9.17) is 4.74 Å². The van der Waals surface area contributed by atoms with E-state index >= 15 is 0 Å². The highest BCUT2D eigenvalue weighted by Gasteiger charge is 2.56. The van der Waals surface area contributed by atoms with Crippen LogP contribution in [0.5, 0.6) is 0 Å². The molecule has 1 saturated carbocycles. The molecule has 1 aliphatic carbocycles. The molecule has 2 atom stereocenters. The molecule has 8 heteroatoms. The molecule has 2 aliphatic rings. The Morgan fingerprint density at radius 3 is 2.29 bits per heavy atom. The number of benzene rings is 3. The predicted octanol–water partition coefficient (Wildman–Crippen LogP) is 4.89. The molecule has 3 aromatic carbocycles. The number of halogens is 1. The summed E-state index contributed by atoms with van der Waals surface area (Å²) in [6.07, 6.45) is 2.15. The minimum absolute atomic E-state index is 0.149. The van der Waals surface area contributed by atoms with Crippen molar-refractivity contribution < 1.29 is 22.7 Å². The number of hydrogen-bond acceptors (Lipinski definition) is 5. The van der Waals surface area contributed by atoms with Crippen molar-refractivity contribution in [2.75, 3.05) is 6.61 Å². The van der Waals surface area contributed by atoms with Crippen LogP contribution >= 0.6 is 0 Å². The van der Waals surface area contributed by atoms with Crippen molar-refractivity contribution in [3.63, 3.8) is 0 Å². The van der Waals surface area contributed by atoms with Gasteiger partial charge in [-0.25, -0.2) is 12.8 Å². The summed E-state index contributed by atoms with van der Waals surface area (Å²) in [5.74, 6) is -0.451. The van der Waals surface area contributed by atoms with Gasteiger partial charge in [-0.3, -0.25) is 0 Å². The van der Waals surface area contributed by atoms with Gasteiger partial charge in [-0.2, -0.15) is 0 Å². The van der Waals surface area contributed by atoms with Crippen molar-refractivity contribution >= 4 is 16.0 Å². The Morgan fingerprint density at radius 2 is 1.66 bits per heavy atom. The Morgan fingerprint density at radius 1 is 1.00 bits per heavy atom. The molecule has 1 aliphatic heterocycles. The van der Waals surface area contributed by atoms with Gasteiger partial charge in [-0.05, 0) is 48.4 Å². The second-order valence-corrected chi connectivity index (χ2v) is 10.7. The maximum absolute atomic E-state index is 14.4. The normalized spacial score (nSPS) is 20.9. The van der Waals surface area contributed by atoms with Gasteiger partial charge in [0.15, 0.2) is 0 Å². The molecule has 3 aromatic rings. The minimum atomic E-state index is -3.98. The first-order valence-electron chi connectivity index (χ1n) is 11.7. The lowest BCUT2D eigenvalue weighted by Crippen LogP contribution is -2.55. The van der Waals surface area contributed by atoms with E-state index in [9.17, 15) is 17.9 Å². The van der Waals surface area contributed by atoms with Crippen LogP contribution in [0, 0.1) is 5.82 Å². The fourth-order valence-electron chi connectivity index (χ4n) is 4.95. The molecule has 0 bridgehead atoms. The third-order valence-electron chi connectivity index (χ3n) is 6.80. The lowest BCUT2D eigenvalue weighted by molar-refractivity contribution is -0.0316. The lowest BCUT2D eigenvalue weighted by Gasteiger charge is -2.48. The van der Waals surface area contributed by atoms with Gasteiger partial charge in [0.2, 0.25) is 0 Å². The largest absolute Gasteiger partial charge is 0.456 e. The lowest BCUT2D eigenvalue weighted by atomic mass is 9.75. The molecule has 0 aromatic heterocycles. The molecule has 1 fully saturated rings. The summed E-state index contributed by atoms with van der Waals surface area (Å²) < 4.78 is 51.5. The second-order valence-electron chi connectivity index (χ2n) is 9.03. The molecule has 6 nitrogen and oxygen atoms in total. The summed E-state index contributed by atoms with van der Waals surface area (Å²) in [6, 6.07) is 22.7. The van der Waals surface area contributed by atoms with Crippen molar-refractivity contribution in [3.05, 3.63) is 95.8 Å². The first-order valence-corrected chi connectivity index (χ1v) is 13.2. The highest BCUT2D eigenvalue weighted by molar-refractivity contribution is 7.90. The fourth-order valence-corrected chi connectivity index (χ4v) is 6.70. The zero-order valence-corrected chi connectivity index (χ0v) is 19.9. The van der Waals surface area contributed by atoms with E-state index in [2.05, 4.69) is 9.71 Å². The van der Waals surface area contributed by atoms with Gasteiger partial charge in [-0.15, -0.1) is 4.40 Å². The van der Waals surface area contributed by atoms with Crippen LogP contribution in [0.2, 0.25) is 0 Å². The first-order chi connectivity index (χ1) is 16.9. The SMILES string of the molecule is O=S1(=O)N=C(NC(CCO)c2ccccc2F)OC2(CCC2)C1c1ccc(-c2ccccc2)cc1. The van der Waals surface area contributed by atoms with Crippen molar-refractivity contribution in [2.45, 2.75) is 42.6 Å². The van der Waals surface area contributed by atoms with Crippen LogP contribution in [0.4, 0.5) is 4.39 Å². The standard InChI is InChI=1S/C27H27FN2O4S/c28-23-10-5-4-9-22(23)24(15-18-31)29-26-30-35(32,33)25(27(34-26)16-6-17-27)21-13-11-20(12-14-21)19-7-2-1-3-8-19/h1-5,7-14,24-25,31H,6,15-18H2,(H,29,30). The van der Waals surface area contributed by atoms with Gasteiger partial charge in [0.25, 0.3) is 10.0 Å². The van der Waals surface area contributed by atoms with Gasteiger partial charge >= 0.3 is 6.02 Å². The molecular weight excluding hydrogens is 467 g/mol. The third kappa shape index (κ3) is 4.56. The Bertz CT molecular complexity index is 1320. The summed E-state index contributed by atoms with van der Waals surface area (Å²) in [5.41, 5.74) is 2.05. The van der Waals surface area contributed by atoms with Crippen molar-refractivity contribution in [1.82, 2.24) is 5.32 Å². The van der Waals surface area contributed by atoms with E-state index < -0.39 is 32.7 Å². The number of amidine groups is 1. The van der Waals surface area contributed by atoms with Gasteiger partial charge in [-0.1, -0.05) is 72.8 Å². The molecule has 182 valence electrons. The molecule has 2 unspecified atom stereocenters. The van der Waals surface area contributed by atoms with E-state index in [0.717, 1.165) is 17.5 Å². The number of ether oxygens (including phenoxy) is 1. The minimum Gasteiger partial charge on any atom is -0.456 e. The maximum Gasteiger partial charge on any atom is 0.301 e. The number of aliphatic hydroxyl groups excluding tert-OH is 1. The van der Waals surface area contributed by atoms with Gasteiger partial charge in [0, 0.05) is 12.2 Å². The average Bonchev–Trinajstić information content (AvgIpc) is 2.83.